The third-order valence-corrected chi connectivity index (χ3v) is 6.78. The van der Waals surface area contributed by atoms with Crippen LogP contribution in [0.5, 0.6) is 0 Å². The number of hydrogen-bond donors (Lipinski definition) is 1. The van der Waals surface area contributed by atoms with Crippen LogP contribution in [0.25, 0.3) is 0 Å². The van der Waals surface area contributed by atoms with E-state index in [2.05, 4.69) is 19.2 Å². The second-order valence-electron chi connectivity index (χ2n) is 7.53. The van der Waals surface area contributed by atoms with Gasteiger partial charge in [0, 0.05) is 18.3 Å². The second-order valence-corrected chi connectivity index (χ2v) is 9.50. The van der Waals surface area contributed by atoms with Crippen molar-refractivity contribution in [3.8, 4) is 0 Å². The zero-order valence-electron chi connectivity index (χ0n) is 17.6. The van der Waals surface area contributed by atoms with Crippen LogP contribution >= 0.6 is 0 Å². The Hall–Kier alpha value is -3.12. The number of aryl methyl sites for hydroxylation is 1. The first kappa shape index (κ1) is 21.6. The first-order valence-corrected chi connectivity index (χ1v) is 11.2. The highest BCUT2D eigenvalue weighted by molar-refractivity contribution is 7.92. The van der Waals surface area contributed by atoms with E-state index in [9.17, 15) is 13.2 Å². The maximum Gasteiger partial charge on any atom is 0.264 e. The van der Waals surface area contributed by atoms with Gasteiger partial charge in [-0.3, -0.25) is 9.10 Å². The van der Waals surface area contributed by atoms with Crippen molar-refractivity contribution in [2.45, 2.75) is 31.6 Å². The molecule has 1 amide bonds. The number of carbonyl (C=O) groups is 1. The van der Waals surface area contributed by atoms with Crippen molar-refractivity contribution in [3.05, 3.63) is 89.5 Å². The minimum atomic E-state index is -3.73. The molecule has 30 heavy (non-hydrogen) atoms. The summed E-state index contributed by atoms with van der Waals surface area (Å²) in [6.07, 6.45) is 0. The first-order valence-electron chi connectivity index (χ1n) is 9.76. The molecule has 0 fully saturated rings. The number of para-hydroxylation sites is 1. The van der Waals surface area contributed by atoms with Gasteiger partial charge in [-0.05, 0) is 54.8 Å². The number of sulfonamides is 1. The largest absolute Gasteiger partial charge is 0.322 e. The van der Waals surface area contributed by atoms with Crippen molar-refractivity contribution in [2.24, 2.45) is 0 Å². The van der Waals surface area contributed by atoms with Gasteiger partial charge in [0.1, 0.15) is 0 Å². The van der Waals surface area contributed by atoms with Gasteiger partial charge in [-0.25, -0.2) is 8.42 Å². The molecule has 3 aromatic carbocycles. The number of nitrogens with one attached hydrogen (secondary N) is 1. The van der Waals surface area contributed by atoms with Gasteiger partial charge in [0.15, 0.2) is 0 Å². The molecule has 0 atom stereocenters. The molecule has 0 radical (unpaired) electrons. The van der Waals surface area contributed by atoms with Gasteiger partial charge in [0.25, 0.3) is 15.9 Å². The van der Waals surface area contributed by atoms with Gasteiger partial charge in [0.2, 0.25) is 0 Å². The van der Waals surface area contributed by atoms with Crippen LogP contribution in [0.15, 0.2) is 77.7 Å². The van der Waals surface area contributed by atoms with Crippen molar-refractivity contribution in [2.75, 3.05) is 16.7 Å². The van der Waals surface area contributed by atoms with E-state index in [4.69, 9.17) is 0 Å². The Kier molecular flexibility index (Phi) is 6.27. The average Bonchev–Trinajstić information content (AvgIpc) is 2.73. The molecule has 0 unspecified atom stereocenters. The molecule has 0 aromatic heterocycles. The van der Waals surface area contributed by atoms with Crippen LogP contribution in [0.3, 0.4) is 0 Å². The number of benzene rings is 3. The number of amides is 1. The monoisotopic (exact) mass is 422 g/mol. The molecule has 0 saturated heterocycles. The fourth-order valence-corrected chi connectivity index (χ4v) is 4.35. The van der Waals surface area contributed by atoms with Crippen LogP contribution in [0.1, 0.15) is 41.3 Å². The Morgan fingerprint density at radius 1 is 0.933 bits per heavy atom. The maximum absolute atomic E-state index is 13.0. The lowest BCUT2D eigenvalue weighted by Gasteiger charge is -2.20. The molecule has 156 valence electrons. The third-order valence-electron chi connectivity index (χ3n) is 4.98. The molecule has 5 nitrogen and oxygen atoms in total. The number of nitrogens with zero attached hydrogens (tertiary/aromatic N) is 1. The molecule has 0 spiro atoms. The number of hydrogen-bond acceptors (Lipinski definition) is 3. The molecule has 3 rings (SSSR count). The SMILES string of the molecule is Cc1ccc(S(=O)(=O)N(C)c2cccc(C(=O)Nc3ccccc3C(C)C)c2)cc1. The molecule has 1 N–H and O–H groups in total. The Morgan fingerprint density at radius 3 is 2.27 bits per heavy atom. The zero-order chi connectivity index (χ0) is 21.9. The average molecular weight is 423 g/mol. The highest BCUT2D eigenvalue weighted by atomic mass is 32.2. The molecule has 0 aliphatic heterocycles. The minimum absolute atomic E-state index is 0.205. The van der Waals surface area contributed by atoms with Crippen LogP contribution < -0.4 is 9.62 Å². The Labute approximate surface area is 178 Å². The molecular formula is C24H26N2O3S. The van der Waals surface area contributed by atoms with Gasteiger partial charge in [-0.2, -0.15) is 0 Å². The topological polar surface area (TPSA) is 66.5 Å². The van der Waals surface area contributed by atoms with Gasteiger partial charge in [-0.1, -0.05) is 55.8 Å². The number of rotatable bonds is 6. The zero-order valence-corrected chi connectivity index (χ0v) is 18.4. The van der Waals surface area contributed by atoms with E-state index in [1.165, 1.54) is 11.4 Å². The van der Waals surface area contributed by atoms with Crippen LogP contribution in [0.4, 0.5) is 11.4 Å². The summed E-state index contributed by atoms with van der Waals surface area (Å²) in [5, 5.41) is 2.94. The van der Waals surface area contributed by atoms with Crippen molar-refractivity contribution >= 4 is 27.3 Å². The van der Waals surface area contributed by atoms with Gasteiger partial charge < -0.3 is 5.32 Å². The molecule has 6 heteroatoms. The van der Waals surface area contributed by atoms with E-state index in [0.717, 1.165) is 16.8 Å². The predicted octanol–water partition coefficient (Wildman–Crippen LogP) is 5.20. The lowest BCUT2D eigenvalue weighted by atomic mass is 10.0. The van der Waals surface area contributed by atoms with E-state index in [0.29, 0.717) is 11.3 Å². The van der Waals surface area contributed by atoms with Crippen molar-refractivity contribution in [1.82, 2.24) is 0 Å². The van der Waals surface area contributed by atoms with Crippen molar-refractivity contribution in [1.29, 1.82) is 0 Å². The molecule has 0 aliphatic rings. The summed E-state index contributed by atoms with van der Waals surface area (Å²) in [5.74, 6) is -0.0234. The standard InChI is InChI=1S/C24H26N2O3S/c1-17(2)22-10-5-6-11-23(22)25-24(27)19-8-7-9-20(16-19)26(4)30(28,29)21-14-12-18(3)13-15-21/h5-17H,1-4H3,(H,25,27). The van der Waals surface area contributed by atoms with E-state index in [-0.39, 0.29) is 16.7 Å². The van der Waals surface area contributed by atoms with Crippen molar-refractivity contribution in [3.63, 3.8) is 0 Å². The summed E-state index contributed by atoms with van der Waals surface area (Å²) in [5.41, 5.74) is 3.58. The first-order chi connectivity index (χ1) is 14.2. The summed E-state index contributed by atoms with van der Waals surface area (Å²) < 4.78 is 27.1. The summed E-state index contributed by atoms with van der Waals surface area (Å²) in [7, 11) is -2.24. The van der Waals surface area contributed by atoms with Crippen molar-refractivity contribution < 1.29 is 13.2 Å². The Balaban J connectivity index is 1.87. The van der Waals surface area contributed by atoms with Gasteiger partial charge in [-0.15, -0.1) is 0 Å². The quantitative estimate of drug-likeness (QED) is 0.594. The number of carbonyl (C=O) groups excluding carboxylic acids is 1. The summed E-state index contributed by atoms with van der Waals surface area (Å²) in [6, 6.07) is 21.0. The predicted molar refractivity (Wildman–Crippen MR) is 122 cm³/mol. The van der Waals surface area contributed by atoms with E-state index < -0.39 is 10.0 Å². The van der Waals surface area contributed by atoms with Gasteiger partial charge >= 0.3 is 0 Å². The maximum atomic E-state index is 13.0. The third kappa shape index (κ3) is 4.54. The fraction of sp³-hybridized carbons (Fsp3) is 0.208. The van der Waals surface area contributed by atoms with E-state index >= 15 is 0 Å². The molecular weight excluding hydrogens is 396 g/mol. The van der Waals surface area contributed by atoms with Crippen LogP contribution in [-0.2, 0) is 10.0 Å². The lowest BCUT2D eigenvalue weighted by Crippen LogP contribution is -2.27. The molecule has 0 bridgehead atoms. The Bertz CT molecular complexity index is 1150. The minimum Gasteiger partial charge on any atom is -0.322 e. The summed E-state index contributed by atoms with van der Waals surface area (Å²) in [4.78, 5) is 13.0. The van der Waals surface area contributed by atoms with E-state index in [1.54, 1.807) is 48.5 Å². The molecule has 0 saturated carbocycles. The normalized spacial score (nSPS) is 11.4. The van der Waals surface area contributed by atoms with Crippen LogP contribution in [0.2, 0.25) is 0 Å². The second kappa shape index (κ2) is 8.71. The van der Waals surface area contributed by atoms with E-state index in [1.807, 2.05) is 31.2 Å². The Morgan fingerprint density at radius 2 is 1.60 bits per heavy atom. The van der Waals surface area contributed by atoms with Gasteiger partial charge in [0.05, 0.1) is 10.6 Å². The number of anilines is 2. The summed E-state index contributed by atoms with van der Waals surface area (Å²) in [6.45, 7) is 6.03. The smallest absolute Gasteiger partial charge is 0.264 e. The fourth-order valence-electron chi connectivity index (χ4n) is 3.16. The van der Waals surface area contributed by atoms with Crippen LogP contribution in [0, 0.1) is 6.92 Å². The molecule has 0 aliphatic carbocycles. The highest BCUT2D eigenvalue weighted by Crippen LogP contribution is 2.26. The highest BCUT2D eigenvalue weighted by Gasteiger charge is 2.22. The molecule has 3 aromatic rings. The molecule has 0 heterocycles. The summed E-state index contributed by atoms with van der Waals surface area (Å²) >= 11 is 0. The lowest BCUT2D eigenvalue weighted by molar-refractivity contribution is 0.102. The van der Waals surface area contributed by atoms with Crippen LogP contribution in [-0.4, -0.2) is 21.4 Å².